The van der Waals surface area contributed by atoms with Crippen molar-refractivity contribution < 1.29 is 14.3 Å². The number of aryl methyl sites for hydroxylation is 1. The second-order valence-electron chi connectivity index (χ2n) is 8.74. The summed E-state index contributed by atoms with van der Waals surface area (Å²) in [6, 6.07) is 0.427. The molecule has 0 bridgehead atoms. The summed E-state index contributed by atoms with van der Waals surface area (Å²) >= 11 is 1.45. The number of hydrogen-bond donors (Lipinski definition) is 1. The number of aromatic nitrogens is 3. The van der Waals surface area contributed by atoms with Crippen LogP contribution in [0.5, 0.6) is 0 Å². The minimum Gasteiger partial charge on any atom is -0.376 e. The second kappa shape index (κ2) is 10.1. The van der Waals surface area contributed by atoms with E-state index < -0.39 is 0 Å². The van der Waals surface area contributed by atoms with E-state index >= 15 is 0 Å². The van der Waals surface area contributed by atoms with Crippen LogP contribution in [0.25, 0.3) is 0 Å². The van der Waals surface area contributed by atoms with E-state index in [9.17, 15) is 9.59 Å². The normalized spacial score (nSPS) is 26.5. The van der Waals surface area contributed by atoms with E-state index in [1.165, 1.54) is 37.4 Å². The fourth-order valence-corrected chi connectivity index (χ4v) is 6.02. The van der Waals surface area contributed by atoms with Gasteiger partial charge in [0.1, 0.15) is 5.82 Å². The lowest BCUT2D eigenvalue weighted by atomic mass is 9.78. The highest BCUT2D eigenvalue weighted by Crippen LogP contribution is 2.35. The van der Waals surface area contributed by atoms with Crippen molar-refractivity contribution in [3.05, 3.63) is 5.82 Å². The third-order valence-electron chi connectivity index (χ3n) is 6.69. The molecule has 30 heavy (non-hydrogen) atoms. The van der Waals surface area contributed by atoms with Crippen LogP contribution in [0.4, 0.5) is 0 Å². The fraction of sp³-hybridized carbons (Fsp3) is 0.810. The van der Waals surface area contributed by atoms with Gasteiger partial charge in [-0.3, -0.25) is 9.59 Å². The summed E-state index contributed by atoms with van der Waals surface area (Å²) < 4.78 is 7.81. The molecule has 3 aliphatic rings. The van der Waals surface area contributed by atoms with Gasteiger partial charge in [0, 0.05) is 32.0 Å². The molecule has 3 atom stereocenters. The molecule has 8 nitrogen and oxygen atoms in total. The highest BCUT2D eigenvalue weighted by molar-refractivity contribution is 7.99. The summed E-state index contributed by atoms with van der Waals surface area (Å²) in [4.78, 5) is 26.4. The number of nitrogens with two attached hydrogens (primary N) is 1. The zero-order valence-corrected chi connectivity index (χ0v) is 18.4. The second-order valence-corrected chi connectivity index (χ2v) is 9.68. The van der Waals surface area contributed by atoms with Crippen molar-refractivity contribution in [2.24, 2.45) is 11.7 Å². The minimum atomic E-state index is -0.349. The molecule has 1 aromatic heterocycles. The fourth-order valence-electron chi connectivity index (χ4n) is 5.16. The molecule has 3 unspecified atom stereocenters. The first-order chi connectivity index (χ1) is 14.6. The van der Waals surface area contributed by atoms with Crippen molar-refractivity contribution in [2.45, 2.75) is 88.1 Å². The molecule has 0 radical (unpaired) electrons. The first kappa shape index (κ1) is 21.6. The van der Waals surface area contributed by atoms with Crippen LogP contribution in [0.3, 0.4) is 0 Å². The number of ether oxygens (including phenoxy) is 1. The molecule has 1 aromatic rings. The molecule has 166 valence electrons. The first-order valence-corrected chi connectivity index (χ1v) is 12.3. The number of hydrogen-bond acceptors (Lipinski definition) is 6. The topological polar surface area (TPSA) is 103 Å². The van der Waals surface area contributed by atoms with Gasteiger partial charge in [0.25, 0.3) is 0 Å². The molecule has 2 aliphatic heterocycles. The van der Waals surface area contributed by atoms with Crippen molar-refractivity contribution in [2.75, 3.05) is 18.9 Å². The monoisotopic (exact) mass is 435 g/mol. The van der Waals surface area contributed by atoms with Crippen LogP contribution in [0.1, 0.15) is 63.6 Å². The molecule has 9 heteroatoms. The summed E-state index contributed by atoms with van der Waals surface area (Å²) in [6.45, 7) is 2.32. The van der Waals surface area contributed by atoms with Crippen LogP contribution >= 0.6 is 11.8 Å². The Balaban J connectivity index is 1.41. The third kappa shape index (κ3) is 5.17. The maximum atomic E-state index is 13.1. The van der Waals surface area contributed by atoms with E-state index in [1.807, 2.05) is 4.57 Å². The highest BCUT2D eigenvalue weighted by Gasteiger charge is 2.35. The number of piperidine rings is 1. The molecule has 1 aliphatic carbocycles. The number of fused-ring (bicyclic) bond motifs is 1. The molecule has 3 heterocycles. The van der Waals surface area contributed by atoms with Gasteiger partial charge in [-0.05, 0) is 44.4 Å². The summed E-state index contributed by atoms with van der Waals surface area (Å²) in [5, 5.41) is 9.35. The van der Waals surface area contributed by atoms with Gasteiger partial charge in [-0.1, -0.05) is 24.6 Å². The van der Waals surface area contributed by atoms with Crippen LogP contribution in [-0.4, -0.2) is 62.5 Å². The maximum absolute atomic E-state index is 13.1. The molecular formula is C21H33N5O3S. The molecule has 3 fully saturated rings. The number of nitrogens with zero attached hydrogens (tertiary/aromatic N) is 4. The number of primary amides is 1. The number of carbonyl (C=O) groups excluding carboxylic acids is 2. The summed E-state index contributed by atoms with van der Waals surface area (Å²) in [7, 11) is 0. The van der Waals surface area contributed by atoms with Crippen molar-refractivity contribution in [3.63, 3.8) is 0 Å². The third-order valence-corrected chi connectivity index (χ3v) is 7.64. The Bertz CT molecular complexity index is 747. The number of amides is 2. The Labute approximate surface area is 182 Å². The van der Waals surface area contributed by atoms with E-state index in [0.29, 0.717) is 30.7 Å². The van der Waals surface area contributed by atoms with E-state index in [4.69, 9.17) is 10.5 Å². The SMILES string of the molecule is NC(=O)CCc1nnc(SCC(=O)N2CCCC3CCCCC32)n1CC1CCCO1. The zero-order valence-electron chi connectivity index (χ0n) is 17.6. The van der Waals surface area contributed by atoms with Gasteiger partial charge in [0.15, 0.2) is 5.16 Å². The standard InChI is InChI=1S/C21H33N5O3S/c22-18(27)9-10-19-23-24-21(26(19)13-16-7-4-12-29-16)30-14-20(28)25-11-3-6-15-5-1-2-8-17(15)25/h15-17H,1-14H2,(H2,22,27). The Morgan fingerprint density at radius 2 is 1.93 bits per heavy atom. The van der Waals surface area contributed by atoms with Crippen LogP contribution in [0, 0.1) is 5.92 Å². The van der Waals surface area contributed by atoms with Gasteiger partial charge in [-0.2, -0.15) is 0 Å². The zero-order chi connectivity index (χ0) is 20.9. The average molecular weight is 436 g/mol. The lowest BCUT2D eigenvalue weighted by molar-refractivity contribution is -0.134. The molecule has 2 N–H and O–H groups in total. The Morgan fingerprint density at radius 3 is 2.73 bits per heavy atom. The van der Waals surface area contributed by atoms with E-state index in [1.54, 1.807) is 0 Å². The molecular weight excluding hydrogens is 402 g/mol. The van der Waals surface area contributed by atoms with Crippen LogP contribution < -0.4 is 5.73 Å². The number of likely N-dealkylation sites (tertiary alicyclic amines) is 1. The van der Waals surface area contributed by atoms with Gasteiger partial charge in [0.05, 0.1) is 18.4 Å². The molecule has 0 spiro atoms. The number of carbonyl (C=O) groups is 2. The predicted octanol–water partition coefficient (Wildman–Crippen LogP) is 2.15. The molecule has 0 aromatic carbocycles. The van der Waals surface area contributed by atoms with Crippen LogP contribution in [0.15, 0.2) is 5.16 Å². The van der Waals surface area contributed by atoms with Crippen molar-refractivity contribution >= 4 is 23.6 Å². The Kier molecular flexibility index (Phi) is 7.30. The maximum Gasteiger partial charge on any atom is 0.233 e. The Hall–Kier alpha value is -1.61. The highest BCUT2D eigenvalue weighted by atomic mass is 32.2. The number of rotatable bonds is 8. The molecule has 4 rings (SSSR count). The number of thioether (sulfide) groups is 1. The quantitative estimate of drug-likeness (QED) is 0.628. The first-order valence-electron chi connectivity index (χ1n) is 11.4. The summed E-state index contributed by atoms with van der Waals surface area (Å²) in [5.74, 6) is 1.66. The predicted molar refractivity (Wildman–Crippen MR) is 114 cm³/mol. The van der Waals surface area contributed by atoms with Crippen molar-refractivity contribution in [1.29, 1.82) is 0 Å². The molecule has 2 amide bonds. The minimum absolute atomic E-state index is 0.133. The molecule has 1 saturated carbocycles. The van der Waals surface area contributed by atoms with E-state index in [2.05, 4.69) is 15.1 Å². The largest absolute Gasteiger partial charge is 0.376 e. The lowest BCUT2D eigenvalue weighted by Crippen LogP contribution is -2.50. The summed E-state index contributed by atoms with van der Waals surface area (Å²) in [5.41, 5.74) is 5.32. The molecule has 2 saturated heterocycles. The van der Waals surface area contributed by atoms with Crippen molar-refractivity contribution in [3.8, 4) is 0 Å². The van der Waals surface area contributed by atoms with Gasteiger partial charge in [-0.25, -0.2) is 0 Å². The van der Waals surface area contributed by atoms with E-state index in [-0.39, 0.29) is 24.3 Å². The van der Waals surface area contributed by atoms with Gasteiger partial charge >= 0.3 is 0 Å². The van der Waals surface area contributed by atoms with Gasteiger partial charge < -0.3 is 19.9 Å². The average Bonchev–Trinajstić information content (AvgIpc) is 3.40. The van der Waals surface area contributed by atoms with Gasteiger partial charge in [0.2, 0.25) is 11.8 Å². The summed E-state index contributed by atoms with van der Waals surface area (Å²) in [6.07, 6.45) is 10.2. The van der Waals surface area contributed by atoms with Crippen LogP contribution in [0.2, 0.25) is 0 Å². The van der Waals surface area contributed by atoms with Gasteiger partial charge in [-0.15, -0.1) is 10.2 Å². The Morgan fingerprint density at radius 1 is 1.10 bits per heavy atom. The van der Waals surface area contributed by atoms with E-state index in [0.717, 1.165) is 49.8 Å². The lowest BCUT2D eigenvalue weighted by Gasteiger charge is -2.44. The van der Waals surface area contributed by atoms with Crippen molar-refractivity contribution in [1.82, 2.24) is 19.7 Å². The van der Waals surface area contributed by atoms with Crippen LogP contribution in [-0.2, 0) is 27.3 Å². The smallest absolute Gasteiger partial charge is 0.233 e.